The molecule has 6 heteroatoms. The average molecular weight is 337 g/mol. The molecule has 1 aromatic heterocycles. The van der Waals surface area contributed by atoms with Crippen molar-refractivity contribution < 1.29 is 9.53 Å². The van der Waals surface area contributed by atoms with Gasteiger partial charge in [-0.1, -0.05) is 18.2 Å². The lowest BCUT2D eigenvalue weighted by atomic mass is 10.1. The molecular formula is C19H19N3O3. The van der Waals surface area contributed by atoms with Crippen LogP contribution in [0.3, 0.4) is 0 Å². The van der Waals surface area contributed by atoms with Crippen LogP contribution in [0.5, 0.6) is 5.75 Å². The summed E-state index contributed by atoms with van der Waals surface area (Å²) in [5.74, 6) is 0.415. The Labute approximate surface area is 145 Å². The molecular weight excluding hydrogens is 318 g/mol. The summed E-state index contributed by atoms with van der Waals surface area (Å²) in [5.41, 5.74) is 5.03. The molecule has 0 saturated carbocycles. The van der Waals surface area contributed by atoms with Crippen molar-refractivity contribution in [1.82, 2.24) is 9.66 Å². The first-order valence-corrected chi connectivity index (χ1v) is 8.00. The molecule has 1 heterocycles. The van der Waals surface area contributed by atoms with Crippen LogP contribution < -0.4 is 15.7 Å². The van der Waals surface area contributed by atoms with Crippen molar-refractivity contribution in [3.63, 3.8) is 0 Å². The van der Waals surface area contributed by atoms with Crippen molar-refractivity contribution in [2.45, 2.75) is 20.3 Å². The number of hydrogen-bond acceptors (Lipinski definition) is 4. The van der Waals surface area contributed by atoms with Crippen molar-refractivity contribution in [3.05, 3.63) is 70.3 Å². The van der Waals surface area contributed by atoms with Gasteiger partial charge in [-0.3, -0.25) is 15.0 Å². The predicted octanol–water partition coefficient (Wildman–Crippen LogP) is 2.55. The van der Waals surface area contributed by atoms with E-state index in [2.05, 4.69) is 16.5 Å². The molecule has 0 atom stereocenters. The Hall–Kier alpha value is -3.15. The van der Waals surface area contributed by atoms with Crippen LogP contribution in [0, 0.1) is 13.8 Å². The monoisotopic (exact) mass is 337 g/mol. The second-order valence-corrected chi connectivity index (χ2v) is 5.89. The smallest absolute Gasteiger partial charge is 0.280 e. The van der Waals surface area contributed by atoms with Gasteiger partial charge in [0.25, 0.3) is 5.56 Å². The van der Waals surface area contributed by atoms with Crippen molar-refractivity contribution in [1.29, 1.82) is 0 Å². The number of aromatic nitrogens is 2. The summed E-state index contributed by atoms with van der Waals surface area (Å²) in [6.07, 6.45) is 1.44. The lowest BCUT2D eigenvalue weighted by molar-refractivity contribution is -0.117. The largest absolute Gasteiger partial charge is 0.493 e. The van der Waals surface area contributed by atoms with Crippen LogP contribution >= 0.6 is 0 Å². The van der Waals surface area contributed by atoms with Gasteiger partial charge in [-0.15, -0.1) is 0 Å². The average Bonchev–Trinajstić information content (AvgIpc) is 2.57. The number of para-hydroxylation sites is 1. The van der Waals surface area contributed by atoms with E-state index in [0.29, 0.717) is 10.9 Å². The third kappa shape index (κ3) is 4.03. The van der Waals surface area contributed by atoms with Gasteiger partial charge in [0, 0.05) is 0 Å². The van der Waals surface area contributed by atoms with Gasteiger partial charge in [-0.2, -0.15) is 0 Å². The fourth-order valence-corrected chi connectivity index (χ4v) is 2.62. The van der Waals surface area contributed by atoms with E-state index in [4.69, 9.17) is 4.74 Å². The first-order chi connectivity index (χ1) is 12.0. The molecule has 0 aliphatic carbocycles. The number of carbonyl (C=O) groups is 1. The molecule has 2 aromatic carbocycles. The molecule has 0 bridgehead atoms. The summed E-state index contributed by atoms with van der Waals surface area (Å²) in [4.78, 5) is 28.5. The number of rotatable bonds is 5. The van der Waals surface area contributed by atoms with Crippen LogP contribution in [-0.2, 0) is 4.79 Å². The Morgan fingerprint density at radius 3 is 2.64 bits per heavy atom. The van der Waals surface area contributed by atoms with Gasteiger partial charge < -0.3 is 4.74 Å². The maximum atomic E-state index is 12.3. The Morgan fingerprint density at radius 1 is 1.16 bits per heavy atom. The van der Waals surface area contributed by atoms with E-state index in [1.54, 1.807) is 18.2 Å². The molecule has 1 N–H and O–H groups in total. The van der Waals surface area contributed by atoms with E-state index in [9.17, 15) is 9.59 Å². The lowest BCUT2D eigenvalue weighted by Gasteiger charge is -2.10. The summed E-state index contributed by atoms with van der Waals surface area (Å²) in [5, 5.41) is 0.455. The zero-order chi connectivity index (χ0) is 17.8. The molecule has 0 saturated heterocycles. The van der Waals surface area contributed by atoms with E-state index < -0.39 is 0 Å². The van der Waals surface area contributed by atoms with E-state index in [-0.39, 0.29) is 24.5 Å². The van der Waals surface area contributed by atoms with Crippen molar-refractivity contribution >= 4 is 16.8 Å². The molecule has 0 spiro atoms. The van der Waals surface area contributed by atoms with E-state index in [1.807, 2.05) is 32.0 Å². The Balaban J connectivity index is 1.61. The molecule has 0 unspecified atom stereocenters. The summed E-state index contributed by atoms with van der Waals surface area (Å²) >= 11 is 0. The minimum atomic E-state index is -0.316. The highest BCUT2D eigenvalue weighted by Gasteiger charge is 2.07. The SMILES string of the molecule is Cc1cc(C)cc(OCCC(=O)Nn2cnc3ccccc3c2=O)c1. The highest BCUT2D eigenvalue weighted by Crippen LogP contribution is 2.16. The fraction of sp³-hybridized carbons (Fsp3) is 0.211. The van der Waals surface area contributed by atoms with Gasteiger partial charge >= 0.3 is 0 Å². The number of fused-ring (bicyclic) bond motifs is 1. The van der Waals surface area contributed by atoms with Gasteiger partial charge in [0.2, 0.25) is 5.91 Å². The summed E-state index contributed by atoms with van der Waals surface area (Å²) in [6, 6.07) is 12.9. The molecule has 3 aromatic rings. The molecule has 6 nitrogen and oxygen atoms in total. The molecule has 1 amide bonds. The lowest BCUT2D eigenvalue weighted by Crippen LogP contribution is -2.33. The molecule has 0 radical (unpaired) electrons. The standard InChI is InChI=1S/C19H19N3O3/c1-13-9-14(2)11-15(10-13)25-8-7-18(23)21-22-12-20-17-6-4-3-5-16(17)19(22)24/h3-6,9-12H,7-8H2,1-2H3,(H,21,23). The molecule has 0 aliphatic rings. The number of benzene rings is 2. The molecule has 3 rings (SSSR count). The normalized spacial score (nSPS) is 10.6. The van der Waals surface area contributed by atoms with Crippen LogP contribution in [0.15, 0.2) is 53.6 Å². The van der Waals surface area contributed by atoms with E-state index in [1.165, 1.54) is 6.33 Å². The van der Waals surface area contributed by atoms with Crippen LogP contribution in [0.2, 0.25) is 0 Å². The molecule has 128 valence electrons. The van der Waals surface area contributed by atoms with Crippen molar-refractivity contribution in [2.24, 2.45) is 0 Å². The zero-order valence-electron chi connectivity index (χ0n) is 14.2. The summed E-state index contributed by atoms with van der Waals surface area (Å²) in [7, 11) is 0. The number of nitrogens with zero attached hydrogens (tertiary/aromatic N) is 2. The second kappa shape index (κ2) is 7.17. The number of nitrogens with one attached hydrogen (secondary N) is 1. The maximum absolute atomic E-state index is 12.3. The van der Waals surface area contributed by atoms with E-state index >= 15 is 0 Å². The highest BCUT2D eigenvalue weighted by atomic mass is 16.5. The van der Waals surface area contributed by atoms with Crippen molar-refractivity contribution in [3.8, 4) is 5.75 Å². The molecule has 0 aliphatic heterocycles. The van der Waals surface area contributed by atoms with Gasteiger partial charge in [0.15, 0.2) is 0 Å². The van der Waals surface area contributed by atoms with Crippen LogP contribution in [0.4, 0.5) is 0 Å². The predicted molar refractivity (Wildman–Crippen MR) is 96.4 cm³/mol. The Bertz CT molecular complexity index is 959. The first kappa shape index (κ1) is 16.7. The number of carbonyl (C=O) groups excluding carboxylic acids is 1. The zero-order valence-corrected chi connectivity index (χ0v) is 14.2. The number of hydrogen-bond donors (Lipinski definition) is 1. The number of amides is 1. The number of ether oxygens (including phenoxy) is 1. The van der Waals surface area contributed by atoms with E-state index in [0.717, 1.165) is 21.6 Å². The van der Waals surface area contributed by atoms with Gasteiger partial charge in [0.05, 0.1) is 23.9 Å². The van der Waals surface area contributed by atoms with Gasteiger partial charge in [-0.05, 0) is 49.2 Å². The minimum Gasteiger partial charge on any atom is -0.493 e. The minimum absolute atomic E-state index is 0.131. The molecule has 25 heavy (non-hydrogen) atoms. The van der Waals surface area contributed by atoms with Gasteiger partial charge in [0.1, 0.15) is 12.1 Å². The molecule has 0 fully saturated rings. The Kier molecular flexibility index (Phi) is 4.79. The maximum Gasteiger partial charge on any atom is 0.280 e. The summed E-state index contributed by atoms with van der Waals surface area (Å²) < 4.78 is 6.71. The Morgan fingerprint density at radius 2 is 1.88 bits per heavy atom. The summed E-state index contributed by atoms with van der Waals surface area (Å²) in [6.45, 7) is 4.21. The topological polar surface area (TPSA) is 73.2 Å². The van der Waals surface area contributed by atoms with Crippen LogP contribution in [0.1, 0.15) is 17.5 Å². The van der Waals surface area contributed by atoms with Crippen LogP contribution in [-0.4, -0.2) is 22.2 Å². The third-order valence-electron chi connectivity index (χ3n) is 3.70. The second-order valence-electron chi connectivity index (χ2n) is 5.89. The van der Waals surface area contributed by atoms with Gasteiger partial charge in [-0.25, -0.2) is 9.66 Å². The first-order valence-electron chi connectivity index (χ1n) is 8.00. The third-order valence-corrected chi connectivity index (χ3v) is 3.70. The number of aryl methyl sites for hydroxylation is 2. The van der Waals surface area contributed by atoms with Crippen molar-refractivity contribution in [2.75, 3.05) is 12.0 Å². The fourth-order valence-electron chi connectivity index (χ4n) is 2.62. The quantitative estimate of drug-likeness (QED) is 0.776. The van der Waals surface area contributed by atoms with Crippen LogP contribution in [0.25, 0.3) is 10.9 Å². The highest BCUT2D eigenvalue weighted by molar-refractivity contribution is 5.84.